The first-order chi connectivity index (χ1) is 12.4. The number of pyridine rings is 1. The third-order valence-electron chi connectivity index (χ3n) is 4.89. The molecule has 0 bridgehead atoms. The van der Waals surface area contributed by atoms with Crippen molar-refractivity contribution in [3.8, 4) is 0 Å². The van der Waals surface area contributed by atoms with Crippen molar-refractivity contribution in [2.75, 3.05) is 17.7 Å². The van der Waals surface area contributed by atoms with E-state index in [2.05, 4.69) is 15.4 Å². The number of amides is 1. The van der Waals surface area contributed by atoms with Gasteiger partial charge in [-0.1, -0.05) is 6.07 Å². The lowest BCUT2D eigenvalue weighted by Gasteiger charge is -2.36. The molecule has 26 heavy (non-hydrogen) atoms. The highest BCUT2D eigenvalue weighted by Crippen LogP contribution is 2.41. The minimum Gasteiger partial charge on any atom is -0.375 e. The summed E-state index contributed by atoms with van der Waals surface area (Å²) in [5.41, 5.74) is 1.10. The van der Waals surface area contributed by atoms with Crippen LogP contribution in [0.15, 0.2) is 29.3 Å². The Hall–Kier alpha value is -2.06. The van der Waals surface area contributed by atoms with Crippen molar-refractivity contribution >= 4 is 23.5 Å². The summed E-state index contributed by atoms with van der Waals surface area (Å²) in [6.45, 7) is 4.72. The van der Waals surface area contributed by atoms with E-state index in [0.717, 1.165) is 18.4 Å². The van der Waals surface area contributed by atoms with E-state index in [4.69, 9.17) is 4.74 Å². The van der Waals surface area contributed by atoms with Crippen molar-refractivity contribution in [1.82, 2.24) is 14.8 Å². The van der Waals surface area contributed by atoms with Crippen molar-refractivity contribution in [2.24, 2.45) is 0 Å². The minimum absolute atomic E-state index is 0.0770. The molecule has 1 saturated heterocycles. The first-order valence-electron chi connectivity index (χ1n) is 8.74. The van der Waals surface area contributed by atoms with Crippen molar-refractivity contribution in [2.45, 2.75) is 43.6 Å². The number of anilines is 1. The quantitative estimate of drug-likeness (QED) is 0.843. The Morgan fingerprint density at radius 2 is 2.23 bits per heavy atom. The van der Waals surface area contributed by atoms with Gasteiger partial charge in [0.05, 0.1) is 28.2 Å². The van der Waals surface area contributed by atoms with Crippen LogP contribution in [0.4, 0.5) is 5.82 Å². The van der Waals surface area contributed by atoms with E-state index in [-0.39, 0.29) is 28.4 Å². The van der Waals surface area contributed by atoms with Crippen LogP contribution >= 0.6 is 11.8 Å². The average Bonchev–Trinajstić information content (AvgIpc) is 2.81. The van der Waals surface area contributed by atoms with Gasteiger partial charge in [0.2, 0.25) is 5.91 Å². The number of hydrogen-bond donors (Lipinski definition) is 2. The third kappa shape index (κ3) is 3.19. The SMILES string of the molecule is CC1(C)C[C@@H](n2[nH]c(=O)c3c2NC(=O)CS[C@H]3c2cccnc2)CCO1. The predicted octanol–water partition coefficient (Wildman–Crippen LogP) is 2.48. The summed E-state index contributed by atoms with van der Waals surface area (Å²) in [4.78, 5) is 29.3. The second-order valence-electron chi connectivity index (χ2n) is 7.35. The number of aromatic nitrogens is 3. The lowest BCUT2D eigenvalue weighted by atomic mass is 9.94. The van der Waals surface area contributed by atoms with E-state index >= 15 is 0 Å². The van der Waals surface area contributed by atoms with Gasteiger partial charge in [-0.05, 0) is 38.3 Å². The lowest BCUT2D eigenvalue weighted by molar-refractivity contribution is -0.113. The Morgan fingerprint density at radius 1 is 1.38 bits per heavy atom. The monoisotopic (exact) mass is 374 g/mol. The van der Waals surface area contributed by atoms with E-state index in [1.165, 1.54) is 11.8 Å². The Bertz CT molecular complexity index is 874. The number of nitrogens with one attached hydrogen (secondary N) is 2. The summed E-state index contributed by atoms with van der Waals surface area (Å²) in [5.74, 6) is 0.788. The number of hydrogen-bond acceptors (Lipinski definition) is 5. The normalized spacial score (nSPS) is 25.2. The number of aromatic amines is 1. The average molecular weight is 374 g/mol. The van der Waals surface area contributed by atoms with Crippen molar-refractivity contribution in [1.29, 1.82) is 0 Å². The van der Waals surface area contributed by atoms with Gasteiger partial charge in [-0.3, -0.25) is 24.4 Å². The van der Waals surface area contributed by atoms with Crippen molar-refractivity contribution in [3.05, 3.63) is 46.0 Å². The molecule has 0 radical (unpaired) electrons. The highest BCUT2D eigenvalue weighted by Gasteiger charge is 2.35. The van der Waals surface area contributed by atoms with E-state index in [0.29, 0.717) is 23.7 Å². The van der Waals surface area contributed by atoms with Gasteiger partial charge in [0.15, 0.2) is 0 Å². The van der Waals surface area contributed by atoms with Crippen LogP contribution in [0.5, 0.6) is 0 Å². The van der Waals surface area contributed by atoms with Gasteiger partial charge in [0.1, 0.15) is 5.82 Å². The van der Waals surface area contributed by atoms with Crippen molar-refractivity contribution in [3.63, 3.8) is 0 Å². The van der Waals surface area contributed by atoms with E-state index in [9.17, 15) is 9.59 Å². The van der Waals surface area contributed by atoms with Gasteiger partial charge in [-0.15, -0.1) is 11.8 Å². The van der Waals surface area contributed by atoms with Gasteiger partial charge in [0, 0.05) is 19.0 Å². The molecule has 4 heterocycles. The van der Waals surface area contributed by atoms with Crippen LogP contribution in [0, 0.1) is 0 Å². The second kappa shape index (κ2) is 6.59. The van der Waals surface area contributed by atoms with Gasteiger partial charge in [-0.2, -0.15) is 0 Å². The zero-order valence-electron chi connectivity index (χ0n) is 14.8. The molecule has 1 fully saturated rings. The molecule has 2 aromatic heterocycles. The first-order valence-corrected chi connectivity index (χ1v) is 9.79. The Morgan fingerprint density at radius 3 is 2.96 bits per heavy atom. The number of thioether (sulfide) groups is 1. The number of H-pyrrole nitrogens is 1. The molecule has 8 heteroatoms. The summed E-state index contributed by atoms with van der Waals surface area (Å²) in [6.07, 6.45) is 5.02. The standard InChI is InChI=1S/C18H22N4O3S/c1-18(2)8-12(5-7-25-18)22-16-14(17(24)21-22)15(26-10-13(23)20-16)11-4-3-6-19-9-11/h3-4,6,9,12,15H,5,7-8,10H2,1-2H3,(H,20,23)(H,21,24)/t12-,15-/m0/s1. The minimum atomic E-state index is -0.261. The molecule has 138 valence electrons. The fourth-order valence-corrected chi connectivity index (χ4v) is 4.84. The predicted molar refractivity (Wildman–Crippen MR) is 101 cm³/mol. The van der Waals surface area contributed by atoms with Crippen LogP contribution in [-0.2, 0) is 9.53 Å². The summed E-state index contributed by atoms with van der Waals surface area (Å²) in [7, 11) is 0. The molecule has 2 aliphatic rings. The molecule has 0 aliphatic carbocycles. The fraction of sp³-hybridized carbons (Fsp3) is 0.500. The van der Waals surface area contributed by atoms with E-state index in [1.807, 2.05) is 30.7 Å². The molecule has 2 atom stereocenters. The van der Waals surface area contributed by atoms with Gasteiger partial charge >= 0.3 is 0 Å². The van der Waals surface area contributed by atoms with Gasteiger partial charge in [-0.25, -0.2) is 0 Å². The maximum Gasteiger partial charge on any atom is 0.270 e. The number of fused-ring (bicyclic) bond motifs is 1. The first kappa shape index (κ1) is 17.4. The molecule has 0 unspecified atom stereocenters. The van der Waals surface area contributed by atoms with Crippen molar-refractivity contribution < 1.29 is 9.53 Å². The molecule has 4 rings (SSSR count). The topological polar surface area (TPSA) is 89.0 Å². The van der Waals surface area contributed by atoms with Crippen LogP contribution in [-0.4, -0.2) is 38.6 Å². The molecule has 0 aromatic carbocycles. The third-order valence-corrected chi connectivity index (χ3v) is 6.16. The highest BCUT2D eigenvalue weighted by molar-refractivity contribution is 8.00. The summed E-state index contributed by atoms with van der Waals surface area (Å²) in [5, 5.41) is 5.69. The zero-order valence-corrected chi connectivity index (χ0v) is 15.6. The molecule has 2 aromatic rings. The highest BCUT2D eigenvalue weighted by atomic mass is 32.2. The summed E-state index contributed by atoms with van der Waals surface area (Å²) in [6, 6.07) is 3.87. The fourth-order valence-electron chi connectivity index (χ4n) is 3.73. The van der Waals surface area contributed by atoms with Crippen LogP contribution in [0.1, 0.15) is 49.1 Å². The molecule has 2 N–H and O–H groups in total. The molecule has 7 nitrogen and oxygen atoms in total. The van der Waals surface area contributed by atoms with Gasteiger partial charge in [0.25, 0.3) is 5.56 Å². The largest absolute Gasteiger partial charge is 0.375 e. The summed E-state index contributed by atoms with van der Waals surface area (Å²) < 4.78 is 7.64. The number of carbonyl (C=O) groups is 1. The maximum absolute atomic E-state index is 12.8. The van der Waals surface area contributed by atoms with Crippen LogP contribution < -0.4 is 10.9 Å². The molecule has 1 amide bonds. The number of ether oxygens (including phenoxy) is 1. The number of nitrogens with zero attached hydrogens (tertiary/aromatic N) is 2. The van der Waals surface area contributed by atoms with Crippen LogP contribution in [0.25, 0.3) is 0 Å². The summed E-state index contributed by atoms with van der Waals surface area (Å²) >= 11 is 1.45. The molecular weight excluding hydrogens is 352 g/mol. The number of rotatable bonds is 2. The zero-order chi connectivity index (χ0) is 18.3. The molecule has 0 spiro atoms. The molecule has 0 saturated carbocycles. The second-order valence-corrected chi connectivity index (χ2v) is 8.45. The molecule has 2 aliphatic heterocycles. The molecular formula is C18H22N4O3S. The maximum atomic E-state index is 12.8. The van der Waals surface area contributed by atoms with Crippen LogP contribution in [0.2, 0.25) is 0 Å². The lowest BCUT2D eigenvalue weighted by Crippen LogP contribution is -2.36. The Balaban J connectivity index is 1.80. The Labute approximate surface area is 155 Å². The van der Waals surface area contributed by atoms with Gasteiger partial charge < -0.3 is 10.1 Å². The van der Waals surface area contributed by atoms with Crippen LogP contribution in [0.3, 0.4) is 0 Å². The van der Waals surface area contributed by atoms with E-state index in [1.54, 1.807) is 12.4 Å². The number of carbonyl (C=O) groups excluding carboxylic acids is 1. The Kier molecular flexibility index (Phi) is 4.40. The smallest absolute Gasteiger partial charge is 0.270 e. The van der Waals surface area contributed by atoms with E-state index < -0.39 is 0 Å².